The molecular formula is C25H23FN4OS. The van der Waals surface area contributed by atoms with Gasteiger partial charge in [-0.05, 0) is 60.9 Å². The van der Waals surface area contributed by atoms with Crippen molar-refractivity contribution in [3.05, 3.63) is 101 Å². The predicted octanol–water partition coefficient (Wildman–Crippen LogP) is 5.34. The average molecular weight is 447 g/mol. The number of rotatable bonds is 7. The molecule has 7 heteroatoms. The lowest BCUT2D eigenvalue weighted by atomic mass is 10.1. The molecule has 4 aromatic rings. The van der Waals surface area contributed by atoms with E-state index in [9.17, 15) is 9.18 Å². The lowest BCUT2D eigenvalue weighted by Gasteiger charge is -2.11. The first-order valence-corrected chi connectivity index (χ1v) is 11.2. The van der Waals surface area contributed by atoms with Crippen LogP contribution in [0.25, 0.3) is 5.69 Å². The Kier molecular flexibility index (Phi) is 6.66. The molecule has 0 saturated carbocycles. The SMILES string of the molecule is Cc1ccc(C)c(NC(=O)CSc2nnc(Cc3ccccc3)n2-c2ccc(F)cc2)c1. The van der Waals surface area contributed by atoms with Crippen molar-refractivity contribution in [1.82, 2.24) is 14.8 Å². The Morgan fingerprint density at radius 1 is 1.00 bits per heavy atom. The Morgan fingerprint density at radius 3 is 2.50 bits per heavy atom. The number of halogens is 1. The molecule has 0 aliphatic rings. The Bertz CT molecular complexity index is 1220. The molecule has 32 heavy (non-hydrogen) atoms. The molecule has 4 rings (SSSR count). The number of amides is 1. The van der Waals surface area contributed by atoms with Crippen molar-refractivity contribution >= 4 is 23.4 Å². The molecule has 5 nitrogen and oxygen atoms in total. The largest absolute Gasteiger partial charge is 0.325 e. The van der Waals surface area contributed by atoms with E-state index in [1.807, 2.05) is 66.9 Å². The van der Waals surface area contributed by atoms with Gasteiger partial charge in [0.1, 0.15) is 11.6 Å². The van der Waals surface area contributed by atoms with E-state index >= 15 is 0 Å². The summed E-state index contributed by atoms with van der Waals surface area (Å²) in [6.07, 6.45) is 0.570. The molecule has 0 radical (unpaired) electrons. The summed E-state index contributed by atoms with van der Waals surface area (Å²) >= 11 is 1.30. The molecule has 1 aromatic heterocycles. The standard InChI is InChI=1S/C25H23FN4OS/c1-17-8-9-18(2)22(14-17)27-24(31)16-32-25-29-28-23(15-19-6-4-3-5-7-19)30(25)21-12-10-20(26)11-13-21/h3-14H,15-16H2,1-2H3,(H,27,31). The number of hydrogen-bond acceptors (Lipinski definition) is 4. The number of nitrogens with zero attached hydrogens (tertiary/aromatic N) is 3. The summed E-state index contributed by atoms with van der Waals surface area (Å²) in [7, 11) is 0. The van der Waals surface area contributed by atoms with E-state index in [-0.39, 0.29) is 17.5 Å². The van der Waals surface area contributed by atoms with Gasteiger partial charge >= 0.3 is 0 Å². The summed E-state index contributed by atoms with van der Waals surface area (Å²) in [6.45, 7) is 3.95. The van der Waals surface area contributed by atoms with Gasteiger partial charge in [-0.2, -0.15) is 0 Å². The number of carbonyl (C=O) groups excluding carboxylic acids is 1. The van der Waals surface area contributed by atoms with E-state index < -0.39 is 0 Å². The molecule has 0 atom stereocenters. The molecule has 0 aliphatic carbocycles. The minimum atomic E-state index is -0.312. The second-order valence-corrected chi connectivity index (χ2v) is 8.47. The highest BCUT2D eigenvalue weighted by molar-refractivity contribution is 7.99. The van der Waals surface area contributed by atoms with Crippen LogP contribution in [0.15, 0.2) is 78.0 Å². The van der Waals surface area contributed by atoms with Crippen molar-refractivity contribution in [2.24, 2.45) is 0 Å². The number of benzene rings is 3. The average Bonchev–Trinajstić information content (AvgIpc) is 3.18. The normalized spacial score (nSPS) is 10.8. The van der Waals surface area contributed by atoms with Gasteiger partial charge in [0.05, 0.1) is 5.75 Å². The van der Waals surface area contributed by atoms with Crippen LogP contribution < -0.4 is 5.32 Å². The molecule has 162 valence electrons. The molecule has 1 amide bonds. The van der Waals surface area contributed by atoms with Crippen LogP contribution in [-0.4, -0.2) is 26.4 Å². The minimum absolute atomic E-state index is 0.123. The summed E-state index contributed by atoms with van der Waals surface area (Å²) in [5.41, 5.74) is 4.74. The van der Waals surface area contributed by atoms with Gasteiger partial charge in [-0.1, -0.05) is 54.2 Å². The zero-order chi connectivity index (χ0) is 22.5. The highest BCUT2D eigenvalue weighted by Crippen LogP contribution is 2.24. The van der Waals surface area contributed by atoms with Crippen LogP contribution in [0.4, 0.5) is 10.1 Å². The van der Waals surface area contributed by atoms with E-state index in [1.165, 1.54) is 23.9 Å². The van der Waals surface area contributed by atoms with Crippen molar-refractivity contribution in [3.8, 4) is 5.69 Å². The highest BCUT2D eigenvalue weighted by atomic mass is 32.2. The maximum Gasteiger partial charge on any atom is 0.234 e. The van der Waals surface area contributed by atoms with E-state index in [4.69, 9.17) is 0 Å². The zero-order valence-corrected chi connectivity index (χ0v) is 18.7. The van der Waals surface area contributed by atoms with Crippen LogP contribution in [0.1, 0.15) is 22.5 Å². The topological polar surface area (TPSA) is 59.8 Å². The number of thioether (sulfide) groups is 1. The Hall–Kier alpha value is -3.45. The van der Waals surface area contributed by atoms with Gasteiger partial charge in [-0.25, -0.2) is 4.39 Å². The van der Waals surface area contributed by atoms with Crippen molar-refractivity contribution in [2.45, 2.75) is 25.4 Å². The Labute approximate surface area is 190 Å². The first-order chi connectivity index (χ1) is 15.5. The molecule has 0 aliphatic heterocycles. The van der Waals surface area contributed by atoms with Gasteiger partial charge in [-0.3, -0.25) is 9.36 Å². The van der Waals surface area contributed by atoms with Crippen LogP contribution >= 0.6 is 11.8 Å². The summed E-state index contributed by atoms with van der Waals surface area (Å²) < 4.78 is 15.4. The fraction of sp³-hybridized carbons (Fsp3) is 0.160. The summed E-state index contributed by atoms with van der Waals surface area (Å²) in [5.74, 6) is 0.466. The molecule has 0 spiro atoms. The van der Waals surface area contributed by atoms with Gasteiger partial charge in [-0.15, -0.1) is 10.2 Å². The van der Waals surface area contributed by atoms with E-state index in [0.717, 1.165) is 33.9 Å². The molecule has 0 unspecified atom stereocenters. The third-order valence-electron chi connectivity index (χ3n) is 4.99. The number of nitrogens with one attached hydrogen (secondary N) is 1. The fourth-order valence-electron chi connectivity index (χ4n) is 3.32. The van der Waals surface area contributed by atoms with Crippen LogP contribution in [0.5, 0.6) is 0 Å². The second kappa shape index (κ2) is 9.78. The quantitative estimate of drug-likeness (QED) is 0.389. The van der Waals surface area contributed by atoms with Crippen LogP contribution in [0.3, 0.4) is 0 Å². The molecular weight excluding hydrogens is 423 g/mol. The van der Waals surface area contributed by atoms with Crippen molar-refractivity contribution in [2.75, 3.05) is 11.1 Å². The molecule has 1 heterocycles. The van der Waals surface area contributed by atoms with Gasteiger partial charge in [0.2, 0.25) is 5.91 Å². The molecule has 3 aromatic carbocycles. The third kappa shape index (κ3) is 5.23. The second-order valence-electron chi connectivity index (χ2n) is 7.53. The Balaban J connectivity index is 1.55. The minimum Gasteiger partial charge on any atom is -0.325 e. The molecule has 0 saturated heterocycles. The molecule has 1 N–H and O–H groups in total. The van der Waals surface area contributed by atoms with Crippen molar-refractivity contribution < 1.29 is 9.18 Å². The van der Waals surface area contributed by atoms with Crippen molar-refractivity contribution in [1.29, 1.82) is 0 Å². The fourth-order valence-corrected chi connectivity index (χ4v) is 4.09. The van der Waals surface area contributed by atoms with Crippen LogP contribution in [0, 0.1) is 19.7 Å². The van der Waals surface area contributed by atoms with Gasteiger partial charge in [0.25, 0.3) is 0 Å². The van der Waals surface area contributed by atoms with Crippen LogP contribution in [-0.2, 0) is 11.2 Å². The monoisotopic (exact) mass is 446 g/mol. The van der Waals surface area contributed by atoms with Gasteiger partial charge in [0, 0.05) is 17.8 Å². The summed E-state index contributed by atoms with van der Waals surface area (Å²) in [4.78, 5) is 12.6. The number of hydrogen-bond donors (Lipinski definition) is 1. The smallest absolute Gasteiger partial charge is 0.234 e. The lowest BCUT2D eigenvalue weighted by molar-refractivity contribution is -0.113. The molecule has 0 bridgehead atoms. The third-order valence-corrected chi connectivity index (χ3v) is 5.92. The number of carbonyl (C=O) groups is 1. The first kappa shape index (κ1) is 21.8. The first-order valence-electron chi connectivity index (χ1n) is 10.2. The summed E-state index contributed by atoms with van der Waals surface area (Å²) in [6, 6.07) is 22.1. The van der Waals surface area contributed by atoms with E-state index in [2.05, 4.69) is 15.5 Å². The van der Waals surface area contributed by atoms with E-state index in [0.29, 0.717) is 11.6 Å². The number of anilines is 1. The van der Waals surface area contributed by atoms with Gasteiger partial charge < -0.3 is 5.32 Å². The summed E-state index contributed by atoms with van der Waals surface area (Å²) in [5, 5.41) is 12.2. The number of aromatic nitrogens is 3. The number of aryl methyl sites for hydroxylation is 2. The zero-order valence-electron chi connectivity index (χ0n) is 17.9. The lowest BCUT2D eigenvalue weighted by Crippen LogP contribution is -2.15. The predicted molar refractivity (Wildman–Crippen MR) is 126 cm³/mol. The van der Waals surface area contributed by atoms with Gasteiger partial charge in [0.15, 0.2) is 5.16 Å². The Morgan fingerprint density at radius 2 is 1.75 bits per heavy atom. The van der Waals surface area contributed by atoms with Crippen molar-refractivity contribution in [3.63, 3.8) is 0 Å². The molecule has 0 fully saturated rings. The van der Waals surface area contributed by atoms with E-state index in [1.54, 1.807) is 12.1 Å². The maximum absolute atomic E-state index is 13.5. The van der Waals surface area contributed by atoms with Crippen LogP contribution in [0.2, 0.25) is 0 Å². The highest BCUT2D eigenvalue weighted by Gasteiger charge is 2.17. The maximum atomic E-state index is 13.5.